The van der Waals surface area contributed by atoms with Crippen LogP contribution in [0.5, 0.6) is 0 Å². The fraction of sp³-hybridized carbons (Fsp3) is 0.125. The van der Waals surface area contributed by atoms with Crippen molar-refractivity contribution >= 4 is 16.9 Å². The number of aromatic amines is 1. The Morgan fingerprint density at radius 3 is 2.83 bits per heavy atom. The summed E-state index contributed by atoms with van der Waals surface area (Å²) < 4.78 is 1.83. The first-order chi connectivity index (χ1) is 11.3. The van der Waals surface area contributed by atoms with Crippen molar-refractivity contribution in [3.63, 3.8) is 0 Å². The van der Waals surface area contributed by atoms with Gasteiger partial charge in [-0.15, -0.1) is 0 Å². The van der Waals surface area contributed by atoms with Gasteiger partial charge in [-0.3, -0.25) is 5.10 Å². The molecular formula is C16H15N7. The molecule has 0 spiro atoms. The molecule has 4 rings (SSSR count). The molecule has 23 heavy (non-hydrogen) atoms. The summed E-state index contributed by atoms with van der Waals surface area (Å²) in [7, 11) is 0. The van der Waals surface area contributed by atoms with Crippen molar-refractivity contribution in [2.75, 3.05) is 5.32 Å². The summed E-state index contributed by atoms with van der Waals surface area (Å²) in [5, 5.41) is 15.4. The minimum Gasteiger partial charge on any atom is -0.363 e. The highest BCUT2D eigenvalue weighted by Crippen LogP contribution is 2.23. The molecule has 4 aromatic rings. The van der Waals surface area contributed by atoms with Gasteiger partial charge in [0, 0.05) is 18.4 Å². The number of rotatable bonds is 4. The Kier molecular flexibility index (Phi) is 3.23. The summed E-state index contributed by atoms with van der Waals surface area (Å²) in [5.41, 5.74) is 2.92. The Morgan fingerprint density at radius 2 is 2.04 bits per heavy atom. The van der Waals surface area contributed by atoms with Crippen LogP contribution in [-0.4, -0.2) is 29.9 Å². The molecule has 0 bridgehead atoms. The van der Waals surface area contributed by atoms with Gasteiger partial charge in [-0.1, -0.05) is 12.1 Å². The van der Waals surface area contributed by atoms with E-state index in [0.717, 1.165) is 28.1 Å². The molecule has 0 fully saturated rings. The molecule has 3 aromatic heterocycles. The Morgan fingerprint density at radius 1 is 1.17 bits per heavy atom. The highest BCUT2D eigenvalue weighted by atomic mass is 15.3. The second-order valence-electron chi connectivity index (χ2n) is 5.26. The lowest BCUT2D eigenvalue weighted by molar-refractivity contribution is 0.859. The third-order valence-electron chi connectivity index (χ3n) is 3.76. The summed E-state index contributed by atoms with van der Waals surface area (Å²) in [4.78, 5) is 8.45. The molecule has 0 saturated carbocycles. The molecule has 114 valence electrons. The van der Waals surface area contributed by atoms with Crippen molar-refractivity contribution in [2.45, 2.75) is 13.0 Å². The van der Waals surface area contributed by atoms with Gasteiger partial charge >= 0.3 is 0 Å². The second-order valence-corrected chi connectivity index (χ2v) is 5.26. The molecule has 1 unspecified atom stereocenters. The van der Waals surface area contributed by atoms with Crippen LogP contribution in [0.25, 0.3) is 16.7 Å². The van der Waals surface area contributed by atoms with Gasteiger partial charge in [-0.2, -0.15) is 10.2 Å². The topological polar surface area (TPSA) is 84.3 Å². The van der Waals surface area contributed by atoms with E-state index in [1.54, 1.807) is 12.4 Å². The van der Waals surface area contributed by atoms with Gasteiger partial charge in [0.15, 0.2) is 5.65 Å². The predicted molar refractivity (Wildman–Crippen MR) is 87.3 cm³/mol. The number of nitrogens with one attached hydrogen (secondary N) is 2. The summed E-state index contributed by atoms with van der Waals surface area (Å²) in [6.45, 7) is 2.09. The van der Waals surface area contributed by atoms with Crippen LogP contribution in [0.2, 0.25) is 0 Å². The van der Waals surface area contributed by atoms with E-state index >= 15 is 0 Å². The van der Waals surface area contributed by atoms with E-state index in [0.29, 0.717) is 0 Å². The van der Waals surface area contributed by atoms with Crippen LogP contribution in [0.15, 0.2) is 55.2 Å². The zero-order valence-electron chi connectivity index (χ0n) is 12.5. The average molecular weight is 305 g/mol. The number of fused-ring (bicyclic) bond motifs is 1. The van der Waals surface area contributed by atoms with E-state index in [4.69, 9.17) is 0 Å². The molecule has 2 N–H and O–H groups in total. The van der Waals surface area contributed by atoms with Crippen LogP contribution in [0, 0.1) is 0 Å². The Hall–Kier alpha value is -3.22. The van der Waals surface area contributed by atoms with Gasteiger partial charge in [-0.25, -0.2) is 14.6 Å². The molecule has 1 atom stereocenters. The number of hydrogen-bond acceptors (Lipinski definition) is 5. The Balaban J connectivity index is 1.57. The number of aromatic nitrogens is 6. The van der Waals surface area contributed by atoms with Crippen molar-refractivity contribution in [2.24, 2.45) is 0 Å². The van der Waals surface area contributed by atoms with Crippen LogP contribution >= 0.6 is 0 Å². The van der Waals surface area contributed by atoms with E-state index in [9.17, 15) is 0 Å². The number of anilines is 1. The van der Waals surface area contributed by atoms with Crippen LogP contribution < -0.4 is 5.32 Å². The predicted octanol–water partition coefficient (Wildman–Crippen LogP) is 2.71. The molecule has 0 aliphatic heterocycles. The van der Waals surface area contributed by atoms with E-state index in [1.165, 1.54) is 6.33 Å². The summed E-state index contributed by atoms with van der Waals surface area (Å²) in [5.74, 6) is 0.771. The number of benzene rings is 1. The lowest BCUT2D eigenvalue weighted by atomic mass is 10.1. The van der Waals surface area contributed by atoms with Crippen LogP contribution in [-0.2, 0) is 0 Å². The second kappa shape index (κ2) is 5.53. The quantitative estimate of drug-likeness (QED) is 0.605. The Bertz CT molecular complexity index is 909. The van der Waals surface area contributed by atoms with Crippen molar-refractivity contribution in [3.05, 3.63) is 60.8 Å². The number of H-pyrrole nitrogens is 1. The van der Waals surface area contributed by atoms with Crippen molar-refractivity contribution < 1.29 is 0 Å². The van der Waals surface area contributed by atoms with Gasteiger partial charge in [0.05, 0.1) is 17.3 Å². The zero-order valence-corrected chi connectivity index (χ0v) is 12.5. The summed E-state index contributed by atoms with van der Waals surface area (Å²) in [6, 6.07) is 10.3. The molecule has 0 amide bonds. The minimum atomic E-state index is 0.106. The maximum atomic E-state index is 4.31. The monoisotopic (exact) mass is 305 g/mol. The third-order valence-corrected chi connectivity index (χ3v) is 3.76. The van der Waals surface area contributed by atoms with E-state index in [-0.39, 0.29) is 6.04 Å². The fourth-order valence-corrected chi connectivity index (χ4v) is 2.51. The molecule has 0 aliphatic carbocycles. The first-order valence-corrected chi connectivity index (χ1v) is 7.32. The van der Waals surface area contributed by atoms with Gasteiger partial charge in [-0.05, 0) is 30.7 Å². The van der Waals surface area contributed by atoms with Crippen molar-refractivity contribution in [1.29, 1.82) is 0 Å². The average Bonchev–Trinajstić information content (AvgIpc) is 3.27. The highest BCUT2D eigenvalue weighted by Gasteiger charge is 2.10. The zero-order chi connectivity index (χ0) is 15.6. The smallest absolute Gasteiger partial charge is 0.160 e. The van der Waals surface area contributed by atoms with Gasteiger partial charge in [0.25, 0.3) is 0 Å². The van der Waals surface area contributed by atoms with Gasteiger partial charge in [0.2, 0.25) is 0 Å². The first-order valence-electron chi connectivity index (χ1n) is 7.32. The molecular weight excluding hydrogens is 290 g/mol. The Labute approximate surface area is 132 Å². The molecule has 0 radical (unpaired) electrons. The number of nitrogens with zero attached hydrogens (tertiary/aromatic N) is 5. The summed E-state index contributed by atoms with van der Waals surface area (Å²) >= 11 is 0. The van der Waals surface area contributed by atoms with Gasteiger partial charge in [0.1, 0.15) is 12.1 Å². The fourth-order valence-electron chi connectivity index (χ4n) is 2.51. The lowest BCUT2D eigenvalue weighted by Crippen LogP contribution is -2.08. The van der Waals surface area contributed by atoms with Gasteiger partial charge < -0.3 is 5.32 Å². The number of hydrogen-bond donors (Lipinski definition) is 2. The van der Waals surface area contributed by atoms with E-state index in [2.05, 4.69) is 49.6 Å². The van der Waals surface area contributed by atoms with E-state index < -0.39 is 0 Å². The molecule has 7 heteroatoms. The van der Waals surface area contributed by atoms with Crippen molar-refractivity contribution in [1.82, 2.24) is 29.9 Å². The maximum absolute atomic E-state index is 4.31. The largest absolute Gasteiger partial charge is 0.363 e. The molecule has 0 aliphatic rings. The molecule has 3 heterocycles. The van der Waals surface area contributed by atoms with Crippen LogP contribution in [0.3, 0.4) is 0 Å². The molecule has 7 nitrogen and oxygen atoms in total. The van der Waals surface area contributed by atoms with Crippen molar-refractivity contribution in [3.8, 4) is 5.69 Å². The van der Waals surface area contributed by atoms with E-state index in [1.807, 2.05) is 29.1 Å². The van der Waals surface area contributed by atoms with Crippen LogP contribution in [0.4, 0.5) is 5.82 Å². The van der Waals surface area contributed by atoms with Crippen LogP contribution in [0.1, 0.15) is 18.5 Å². The summed E-state index contributed by atoms with van der Waals surface area (Å²) in [6.07, 6.45) is 6.94. The molecule has 1 aromatic carbocycles. The SMILES string of the molecule is CC(Nc1ncnc2[nH]ncc12)c1ccc(-n2cccn2)cc1. The molecule has 0 saturated heterocycles. The normalized spacial score (nSPS) is 12.4. The maximum Gasteiger partial charge on any atom is 0.160 e. The standard InChI is InChI=1S/C16H15N7/c1-11(21-15-14-9-19-22-16(14)18-10-17-15)12-3-5-13(6-4-12)23-8-2-7-20-23/h2-11H,1H3,(H2,17,18,19,21,22). The highest BCUT2D eigenvalue weighted by molar-refractivity contribution is 5.85. The minimum absolute atomic E-state index is 0.106. The lowest BCUT2D eigenvalue weighted by Gasteiger charge is -2.15. The first kappa shape index (κ1) is 13.4. The third kappa shape index (κ3) is 2.52.